The molecular weight excluding hydrogens is 490 g/mol. The Kier molecular flexibility index (Phi) is 6.35. The second kappa shape index (κ2) is 9.98. The van der Waals surface area contributed by atoms with Crippen LogP contribution in [0.4, 0.5) is 5.69 Å². The van der Waals surface area contributed by atoms with Crippen molar-refractivity contribution in [3.8, 4) is 17.2 Å². The molecule has 39 heavy (non-hydrogen) atoms. The van der Waals surface area contributed by atoms with Gasteiger partial charge in [-0.2, -0.15) is 0 Å². The van der Waals surface area contributed by atoms with Crippen molar-refractivity contribution in [2.75, 3.05) is 25.7 Å². The number of hydrogen-bond donors (Lipinski definition) is 0. The van der Waals surface area contributed by atoms with Crippen molar-refractivity contribution in [2.24, 2.45) is 0 Å². The van der Waals surface area contributed by atoms with Gasteiger partial charge < -0.3 is 18.9 Å². The molecule has 0 N–H and O–H groups in total. The molecule has 0 radical (unpaired) electrons. The molecule has 2 amide bonds. The molecule has 7 nitrogen and oxygen atoms in total. The number of ether oxygens (including phenoxy) is 2. The van der Waals surface area contributed by atoms with Crippen LogP contribution in [0.1, 0.15) is 46.1 Å². The number of carbonyl (C=O) groups excluding carboxylic acids is 2. The van der Waals surface area contributed by atoms with E-state index < -0.39 is 6.04 Å². The minimum Gasteiger partial charge on any atom is -0.497 e. The summed E-state index contributed by atoms with van der Waals surface area (Å²) >= 11 is 0. The van der Waals surface area contributed by atoms with Crippen molar-refractivity contribution in [2.45, 2.75) is 31.8 Å². The number of carbonyl (C=O) groups is 2. The number of fused-ring (bicyclic) bond motifs is 3. The first-order valence-electron chi connectivity index (χ1n) is 13.2. The SMILES string of the molecule is COc1ccc(OC)c(C2c3cccn3-c3ccccc3N2C(=O)CN(C(=O)c2ccc(C)cc2)C2CC2)c1. The summed E-state index contributed by atoms with van der Waals surface area (Å²) < 4.78 is 13.4. The summed E-state index contributed by atoms with van der Waals surface area (Å²) in [5.41, 5.74) is 5.10. The van der Waals surface area contributed by atoms with Gasteiger partial charge in [0.15, 0.2) is 0 Å². The average molecular weight is 522 g/mol. The van der Waals surface area contributed by atoms with Gasteiger partial charge in [0.2, 0.25) is 5.91 Å². The molecule has 0 spiro atoms. The van der Waals surface area contributed by atoms with Crippen molar-refractivity contribution in [3.05, 3.63) is 107 Å². The Labute approximate surface area is 228 Å². The van der Waals surface area contributed by atoms with E-state index >= 15 is 0 Å². The number of nitrogens with zero attached hydrogens (tertiary/aromatic N) is 3. The molecule has 1 saturated carbocycles. The fourth-order valence-electron chi connectivity index (χ4n) is 5.45. The maximum absolute atomic E-state index is 14.4. The highest BCUT2D eigenvalue weighted by molar-refractivity contribution is 6.03. The van der Waals surface area contributed by atoms with Crippen LogP contribution in [0.5, 0.6) is 11.5 Å². The number of anilines is 1. The highest BCUT2D eigenvalue weighted by Gasteiger charge is 2.41. The second-order valence-electron chi connectivity index (χ2n) is 10.1. The first-order valence-corrected chi connectivity index (χ1v) is 13.2. The van der Waals surface area contributed by atoms with E-state index in [-0.39, 0.29) is 24.4 Å². The molecule has 3 aromatic carbocycles. The van der Waals surface area contributed by atoms with E-state index in [9.17, 15) is 9.59 Å². The first kappa shape index (κ1) is 24.8. The summed E-state index contributed by atoms with van der Waals surface area (Å²) in [5, 5.41) is 0. The lowest BCUT2D eigenvalue weighted by molar-refractivity contribution is -0.119. The lowest BCUT2D eigenvalue weighted by Gasteiger charge is -2.40. The Morgan fingerprint density at radius 3 is 2.33 bits per heavy atom. The normalized spacial score (nSPS) is 15.8. The molecule has 1 unspecified atom stereocenters. The van der Waals surface area contributed by atoms with Crippen LogP contribution in [0.2, 0.25) is 0 Å². The maximum Gasteiger partial charge on any atom is 0.254 e. The Bertz CT molecular complexity index is 1540. The van der Waals surface area contributed by atoms with Crippen molar-refractivity contribution in [3.63, 3.8) is 0 Å². The zero-order valence-electron chi connectivity index (χ0n) is 22.3. The quantitative estimate of drug-likeness (QED) is 0.320. The molecule has 6 rings (SSSR count). The molecule has 0 bridgehead atoms. The van der Waals surface area contributed by atoms with Crippen LogP contribution in [0.3, 0.4) is 0 Å². The number of hydrogen-bond acceptors (Lipinski definition) is 4. The Hall–Kier alpha value is -4.52. The van der Waals surface area contributed by atoms with Crippen molar-refractivity contribution < 1.29 is 19.1 Å². The van der Waals surface area contributed by atoms with E-state index in [0.717, 1.165) is 41.0 Å². The predicted molar refractivity (Wildman–Crippen MR) is 150 cm³/mol. The molecule has 0 saturated heterocycles. The molecule has 1 fully saturated rings. The highest BCUT2D eigenvalue weighted by Crippen LogP contribution is 2.45. The summed E-state index contributed by atoms with van der Waals surface area (Å²) in [5.74, 6) is 1.05. The molecule has 7 heteroatoms. The van der Waals surface area contributed by atoms with Gasteiger partial charge in [0.05, 0.1) is 31.3 Å². The minimum absolute atomic E-state index is 0.0186. The van der Waals surface area contributed by atoms with E-state index in [0.29, 0.717) is 17.1 Å². The lowest BCUT2D eigenvalue weighted by Crippen LogP contribution is -2.47. The molecule has 2 heterocycles. The van der Waals surface area contributed by atoms with Gasteiger partial charge in [-0.15, -0.1) is 0 Å². The molecule has 1 aliphatic carbocycles. The van der Waals surface area contributed by atoms with Gasteiger partial charge in [-0.3, -0.25) is 14.5 Å². The fourth-order valence-corrected chi connectivity index (χ4v) is 5.45. The largest absolute Gasteiger partial charge is 0.497 e. The molecule has 2 aliphatic rings. The Morgan fingerprint density at radius 1 is 0.897 bits per heavy atom. The van der Waals surface area contributed by atoms with Crippen LogP contribution in [0.15, 0.2) is 85.1 Å². The zero-order valence-corrected chi connectivity index (χ0v) is 22.3. The standard InChI is InChI=1S/C32H31N3O4/c1-21-10-12-22(13-11-21)32(37)34(23-14-15-23)20-30(36)35-27-8-5-4-7-26(27)33-18-6-9-28(33)31(35)25-19-24(38-2)16-17-29(25)39-3/h4-13,16-19,23,31H,14-15,20H2,1-3H3. The monoisotopic (exact) mass is 521 g/mol. The molecule has 1 atom stereocenters. The van der Waals surface area contributed by atoms with E-state index in [4.69, 9.17) is 9.47 Å². The molecule has 198 valence electrons. The van der Waals surface area contributed by atoms with E-state index in [1.807, 2.05) is 96.9 Å². The first-order chi connectivity index (χ1) is 19.0. The smallest absolute Gasteiger partial charge is 0.254 e. The van der Waals surface area contributed by atoms with Gasteiger partial charge in [-0.25, -0.2) is 0 Å². The Morgan fingerprint density at radius 2 is 1.64 bits per heavy atom. The van der Waals surface area contributed by atoms with Crippen LogP contribution < -0.4 is 14.4 Å². The van der Waals surface area contributed by atoms with Crippen molar-refractivity contribution in [1.82, 2.24) is 9.47 Å². The van der Waals surface area contributed by atoms with Crippen LogP contribution in [0.25, 0.3) is 5.69 Å². The summed E-state index contributed by atoms with van der Waals surface area (Å²) in [6.07, 6.45) is 3.81. The van der Waals surface area contributed by atoms with E-state index in [1.165, 1.54) is 0 Å². The van der Waals surface area contributed by atoms with Gasteiger partial charge in [-0.1, -0.05) is 29.8 Å². The Balaban J connectivity index is 1.45. The minimum atomic E-state index is -0.483. The number of benzene rings is 3. The summed E-state index contributed by atoms with van der Waals surface area (Å²) in [6.45, 7) is 1.97. The zero-order chi connectivity index (χ0) is 27.1. The molecule has 1 aromatic heterocycles. The molecule has 1 aliphatic heterocycles. The molecule has 4 aromatic rings. The van der Waals surface area contributed by atoms with Gasteiger partial charge in [0.25, 0.3) is 5.91 Å². The van der Waals surface area contributed by atoms with E-state index in [2.05, 4.69) is 4.57 Å². The van der Waals surface area contributed by atoms with Crippen molar-refractivity contribution in [1.29, 1.82) is 0 Å². The van der Waals surface area contributed by atoms with Gasteiger partial charge in [0.1, 0.15) is 24.1 Å². The third kappa shape index (κ3) is 4.44. The fraction of sp³-hybridized carbons (Fsp3) is 0.250. The third-order valence-electron chi connectivity index (χ3n) is 7.57. The maximum atomic E-state index is 14.4. The number of rotatable bonds is 7. The van der Waals surface area contributed by atoms with Crippen molar-refractivity contribution >= 4 is 17.5 Å². The van der Waals surface area contributed by atoms with Crippen LogP contribution in [-0.4, -0.2) is 48.1 Å². The van der Waals surface area contributed by atoms with Gasteiger partial charge in [0, 0.05) is 23.4 Å². The summed E-state index contributed by atoms with van der Waals surface area (Å²) in [7, 11) is 3.25. The summed E-state index contributed by atoms with van der Waals surface area (Å²) in [6, 6.07) is 24.6. The van der Waals surface area contributed by atoms with Crippen LogP contribution >= 0.6 is 0 Å². The van der Waals surface area contributed by atoms with Gasteiger partial charge >= 0.3 is 0 Å². The number of aromatic nitrogens is 1. The predicted octanol–water partition coefficient (Wildman–Crippen LogP) is 5.54. The number of para-hydroxylation sites is 2. The number of aryl methyl sites for hydroxylation is 1. The van der Waals surface area contributed by atoms with Crippen LogP contribution in [-0.2, 0) is 4.79 Å². The van der Waals surface area contributed by atoms with Gasteiger partial charge in [-0.05, 0) is 74.4 Å². The third-order valence-corrected chi connectivity index (χ3v) is 7.57. The summed E-state index contributed by atoms with van der Waals surface area (Å²) in [4.78, 5) is 31.6. The second-order valence-corrected chi connectivity index (χ2v) is 10.1. The lowest BCUT2D eigenvalue weighted by atomic mass is 9.96. The topological polar surface area (TPSA) is 64.0 Å². The van der Waals surface area contributed by atoms with E-state index in [1.54, 1.807) is 19.1 Å². The highest BCUT2D eigenvalue weighted by atomic mass is 16.5. The van der Waals surface area contributed by atoms with Crippen LogP contribution in [0, 0.1) is 6.92 Å². The number of amides is 2. The number of methoxy groups -OCH3 is 2. The average Bonchev–Trinajstić information content (AvgIpc) is 3.69. The molecular formula is C32H31N3O4.